The van der Waals surface area contributed by atoms with Crippen molar-refractivity contribution in [2.45, 2.75) is 6.54 Å². The Morgan fingerprint density at radius 2 is 1.94 bits per heavy atom. The van der Waals surface area contributed by atoms with E-state index in [1.807, 2.05) is 24.3 Å². The van der Waals surface area contributed by atoms with Crippen LogP contribution >= 0.6 is 0 Å². The number of carbonyl (C=O) groups is 1. The van der Waals surface area contributed by atoms with E-state index in [9.17, 15) is 4.79 Å². The Bertz CT molecular complexity index is 386. The Morgan fingerprint density at radius 3 is 2.56 bits per heavy atom. The lowest BCUT2D eigenvalue weighted by atomic mass is 10.1. The van der Waals surface area contributed by atoms with E-state index in [0.29, 0.717) is 5.56 Å². The molecule has 0 aliphatic carbocycles. The lowest BCUT2D eigenvalue weighted by molar-refractivity contribution is 0.0106. The predicted molar refractivity (Wildman–Crippen MR) is 69.1 cm³/mol. The van der Waals surface area contributed by atoms with E-state index in [4.69, 9.17) is 4.74 Å². The van der Waals surface area contributed by atoms with E-state index in [-0.39, 0.29) is 5.91 Å². The molecule has 0 spiro atoms. The molecular formula is C13H19N3O2. The van der Waals surface area contributed by atoms with Crippen LogP contribution in [0.15, 0.2) is 24.3 Å². The molecule has 98 valence electrons. The molecule has 0 bridgehead atoms. The number of hydrogen-bond donors (Lipinski definition) is 2. The molecule has 1 saturated heterocycles. The second kappa shape index (κ2) is 6.49. The van der Waals surface area contributed by atoms with Crippen LogP contribution in [0, 0.1) is 0 Å². The molecule has 0 atom stereocenters. The molecule has 1 aromatic carbocycles. The van der Waals surface area contributed by atoms with Crippen molar-refractivity contribution in [2.24, 2.45) is 0 Å². The number of carbonyl (C=O) groups excluding carboxylic acids is 1. The molecule has 5 heteroatoms. The quantitative estimate of drug-likeness (QED) is 0.810. The molecule has 1 aliphatic heterocycles. The van der Waals surface area contributed by atoms with Crippen molar-refractivity contribution in [2.75, 3.05) is 33.4 Å². The molecule has 2 rings (SSSR count). The molecule has 2 N–H and O–H groups in total. The summed E-state index contributed by atoms with van der Waals surface area (Å²) in [6, 6.07) is 7.63. The van der Waals surface area contributed by atoms with Crippen molar-refractivity contribution in [1.29, 1.82) is 0 Å². The van der Waals surface area contributed by atoms with Gasteiger partial charge in [0.15, 0.2) is 0 Å². The number of benzene rings is 1. The number of morpholine rings is 1. The van der Waals surface area contributed by atoms with Gasteiger partial charge in [0.25, 0.3) is 5.91 Å². The molecule has 1 aliphatic rings. The third kappa shape index (κ3) is 3.53. The van der Waals surface area contributed by atoms with Crippen molar-refractivity contribution in [3.63, 3.8) is 0 Å². The van der Waals surface area contributed by atoms with E-state index >= 15 is 0 Å². The van der Waals surface area contributed by atoms with Crippen LogP contribution in [0.5, 0.6) is 0 Å². The Morgan fingerprint density at radius 1 is 1.28 bits per heavy atom. The summed E-state index contributed by atoms with van der Waals surface area (Å²) in [6.07, 6.45) is 0. The highest BCUT2D eigenvalue weighted by Gasteiger charge is 2.09. The van der Waals surface area contributed by atoms with E-state index in [2.05, 4.69) is 15.8 Å². The molecule has 0 unspecified atom stereocenters. The molecule has 1 amide bonds. The first-order valence-electron chi connectivity index (χ1n) is 6.17. The molecule has 1 heterocycles. The monoisotopic (exact) mass is 249 g/mol. The fourth-order valence-electron chi connectivity index (χ4n) is 1.84. The third-order valence-corrected chi connectivity index (χ3v) is 2.96. The fourth-order valence-corrected chi connectivity index (χ4v) is 1.84. The molecule has 1 fully saturated rings. The topological polar surface area (TPSA) is 53.6 Å². The number of nitrogens with zero attached hydrogens (tertiary/aromatic N) is 1. The second-order valence-electron chi connectivity index (χ2n) is 4.21. The minimum atomic E-state index is -0.0531. The zero-order valence-corrected chi connectivity index (χ0v) is 10.6. The maximum atomic E-state index is 11.4. The normalized spacial score (nSPS) is 16.5. The van der Waals surface area contributed by atoms with E-state index in [1.165, 1.54) is 0 Å². The second-order valence-corrected chi connectivity index (χ2v) is 4.21. The van der Waals surface area contributed by atoms with Crippen LogP contribution in [-0.4, -0.2) is 44.3 Å². The van der Waals surface area contributed by atoms with E-state index in [1.54, 1.807) is 7.05 Å². The number of hydrogen-bond acceptors (Lipinski definition) is 4. The summed E-state index contributed by atoms with van der Waals surface area (Å²) in [7, 11) is 1.64. The fraction of sp³-hybridized carbons (Fsp3) is 0.462. The number of hydrazine groups is 1. The van der Waals surface area contributed by atoms with Crippen molar-refractivity contribution >= 4 is 5.91 Å². The Labute approximate surface area is 107 Å². The lowest BCUT2D eigenvalue weighted by Gasteiger charge is -2.27. The molecule has 0 radical (unpaired) electrons. The zero-order valence-electron chi connectivity index (χ0n) is 10.6. The van der Waals surface area contributed by atoms with Crippen LogP contribution in [-0.2, 0) is 11.3 Å². The average Bonchev–Trinajstić information content (AvgIpc) is 2.46. The molecular weight excluding hydrogens is 230 g/mol. The van der Waals surface area contributed by atoms with Gasteiger partial charge in [-0.25, -0.2) is 5.01 Å². The maximum Gasteiger partial charge on any atom is 0.251 e. The van der Waals surface area contributed by atoms with Gasteiger partial charge in [-0.2, -0.15) is 0 Å². The van der Waals surface area contributed by atoms with Gasteiger partial charge in [-0.3, -0.25) is 10.2 Å². The highest BCUT2D eigenvalue weighted by molar-refractivity contribution is 5.93. The molecule has 0 saturated carbocycles. The summed E-state index contributed by atoms with van der Waals surface area (Å²) in [6.45, 7) is 4.16. The first-order valence-corrected chi connectivity index (χ1v) is 6.17. The van der Waals surface area contributed by atoms with Crippen LogP contribution in [0.2, 0.25) is 0 Å². The minimum absolute atomic E-state index is 0.0531. The molecule has 18 heavy (non-hydrogen) atoms. The lowest BCUT2D eigenvalue weighted by Crippen LogP contribution is -2.45. The van der Waals surface area contributed by atoms with Gasteiger partial charge in [0.2, 0.25) is 0 Å². The van der Waals surface area contributed by atoms with E-state index < -0.39 is 0 Å². The minimum Gasteiger partial charge on any atom is -0.379 e. The molecule has 1 aromatic rings. The number of amides is 1. The van der Waals surface area contributed by atoms with Gasteiger partial charge in [-0.05, 0) is 17.7 Å². The predicted octanol–water partition coefficient (Wildman–Crippen LogP) is 0.383. The largest absolute Gasteiger partial charge is 0.379 e. The molecule has 0 aromatic heterocycles. The van der Waals surface area contributed by atoms with Crippen LogP contribution in [0.25, 0.3) is 0 Å². The summed E-state index contributed by atoms with van der Waals surface area (Å²) >= 11 is 0. The Balaban J connectivity index is 1.84. The number of nitrogens with one attached hydrogen (secondary N) is 2. The van der Waals surface area contributed by atoms with Crippen molar-refractivity contribution in [3.8, 4) is 0 Å². The van der Waals surface area contributed by atoms with Gasteiger partial charge in [-0.1, -0.05) is 12.1 Å². The smallest absolute Gasteiger partial charge is 0.251 e. The van der Waals surface area contributed by atoms with Crippen molar-refractivity contribution in [3.05, 3.63) is 35.4 Å². The van der Waals surface area contributed by atoms with Crippen molar-refractivity contribution in [1.82, 2.24) is 15.8 Å². The van der Waals surface area contributed by atoms with Gasteiger partial charge in [0.05, 0.1) is 13.2 Å². The van der Waals surface area contributed by atoms with Crippen LogP contribution in [0.3, 0.4) is 0 Å². The number of rotatable bonds is 4. The van der Waals surface area contributed by atoms with Crippen LogP contribution < -0.4 is 10.7 Å². The summed E-state index contributed by atoms with van der Waals surface area (Å²) in [5, 5.41) is 4.77. The SMILES string of the molecule is CNC(=O)c1ccc(CNN2CCOCC2)cc1. The van der Waals surface area contributed by atoms with Gasteiger partial charge < -0.3 is 10.1 Å². The zero-order chi connectivity index (χ0) is 12.8. The standard InChI is InChI=1S/C13H19N3O2/c1-14-13(17)12-4-2-11(3-5-12)10-15-16-6-8-18-9-7-16/h2-5,15H,6-10H2,1H3,(H,14,17). The van der Waals surface area contributed by atoms with Gasteiger partial charge in [0, 0.05) is 32.2 Å². The van der Waals surface area contributed by atoms with Gasteiger partial charge >= 0.3 is 0 Å². The summed E-state index contributed by atoms with van der Waals surface area (Å²) in [5.41, 5.74) is 5.20. The average molecular weight is 249 g/mol. The highest BCUT2D eigenvalue weighted by atomic mass is 16.5. The van der Waals surface area contributed by atoms with Gasteiger partial charge in [-0.15, -0.1) is 0 Å². The Kier molecular flexibility index (Phi) is 4.69. The van der Waals surface area contributed by atoms with Crippen LogP contribution in [0.4, 0.5) is 0 Å². The van der Waals surface area contributed by atoms with Gasteiger partial charge in [0.1, 0.15) is 0 Å². The highest BCUT2D eigenvalue weighted by Crippen LogP contribution is 2.05. The third-order valence-electron chi connectivity index (χ3n) is 2.96. The first kappa shape index (κ1) is 13.0. The molecule has 5 nitrogen and oxygen atoms in total. The summed E-state index contributed by atoms with van der Waals surface area (Å²) in [4.78, 5) is 11.4. The summed E-state index contributed by atoms with van der Waals surface area (Å²) < 4.78 is 5.28. The van der Waals surface area contributed by atoms with Crippen LogP contribution in [0.1, 0.15) is 15.9 Å². The number of ether oxygens (including phenoxy) is 1. The summed E-state index contributed by atoms with van der Waals surface area (Å²) in [5.74, 6) is -0.0531. The van der Waals surface area contributed by atoms with E-state index in [0.717, 1.165) is 38.4 Å². The maximum absolute atomic E-state index is 11.4. The van der Waals surface area contributed by atoms with Crippen molar-refractivity contribution < 1.29 is 9.53 Å². The Hall–Kier alpha value is -1.43. The first-order chi connectivity index (χ1) is 8.79.